The first-order valence-electron chi connectivity index (χ1n) is 8.09. The van der Waals surface area contributed by atoms with E-state index in [0.29, 0.717) is 10.8 Å². The van der Waals surface area contributed by atoms with Crippen LogP contribution in [0.2, 0.25) is 0 Å². The fourth-order valence-corrected chi connectivity index (χ4v) is 4.91. The Morgan fingerprint density at radius 2 is 1.89 bits per heavy atom. The highest BCUT2D eigenvalue weighted by Crippen LogP contribution is 2.30. The van der Waals surface area contributed by atoms with Crippen LogP contribution in [0.15, 0.2) is 47.2 Å². The Labute approximate surface area is 167 Å². The topological polar surface area (TPSA) is 54.9 Å². The number of aromatic nitrogens is 2. The van der Waals surface area contributed by atoms with Gasteiger partial charge in [-0.2, -0.15) is 0 Å². The van der Waals surface area contributed by atoms with Crippen LogP contribution in [0.4, 0.5) is 9.52 Å². The summed E-state index contributed by atoms with van der Waals surface area (Å²) >= 11 is 4.52. The van der Waals surface area contributed by atoms with Gasteiger partial charge in [0.25, 0.3) is 0 Å². The first-order valence-corrected chi connectivity index (χ1v) is 10.7. The summed E-state index contributed by atoms with van der Waals surface area (Å²) in [6.45, 7) is 2.05. The number of halogens is 1. The lowest BCUT2D eigenvalue weighted by atomic mass is 10.2. The van der Waals surface area contributed by atoms with Gasteiger partial charge < -0.3 is 5.32 Å². The standard InChI is InChI=1S/C19H14FN3OS3/c1-11-2-7-16(27-11)15-10-26-19(22-15)23-17(24)8-14-9-25-18(21-14)12-3-5-13(20)6-4-12/h2-7,9-10H,8H2,1H3,(H,22,23,24). The van der Waals surface area contributed by atoms with Crippen molar-refractivity contribution in [2.75, 3.05) is 5.32 Å². The van der Waals surface area contributed by atoms with Crippen LogP contribution >= 0.6 is 34.0 Å². The van der Waals surface area contributed by atoms with Crippen LogP contribution in [0, 0.1) is 12.7 Å². The number of nitrogens with zero attached hydrogens (tertiary/aromatic N) is 2. The molecule has 0 saturated carbocycles. The number of carbonyl (C=O) groups excluding carboxylic acids is 1. The molecule has 1 N–H and O–H groups in total. The van der Waals surface area contributed by atoms with Crippen molar-refractivity contribution in [3.05, 3.63) is 63.5 Å². The molecule has 8 heteroatoms. The average Bonchev–Trinajstić information content (AvgIpc) is 3.37. The van der Waals surface area contributed by atoms with Crippen LogP contribution in [0.3, 0.4) is 0 Å². The normalized spacial score (nSPS) is 10.9. The van der Waals surface area contributed by atoms with Gasteiger partial charge in [0.1, 0.15) is 10.8 Å². The monoisotopic (exact) mass is 415 g/mol. The number of anilines is 1. The van der Waals surface area contributed by atoms with Crippen molar-refractivity contribution in [2.24, 2.45) is 0 Å². The van der Waals surface area contributed by atoms with E-state index in [2.05, 4.69) is 28.3 Å². The third kappa shape index (κ3) is 4.29. The molecule has 0 aliphatic rings. The Bertz CT molecular complexity index is 1080. The predicted molar refractivity (Wildman–Crippen MR) is 110 cm³/mol. The predicted octanol–water partition coefficient (Wildman–Crippen LogP) is 5.62. The van der Waals surface area contributed by atoms with Crippen molar-refractivity contribution < 1.29 is 9.18 Å². The van der Waals surface area contributed by atoms with E-state index in [0.717, 1.165) is 21.1 Å². The van der Waals surface area contributed by atoms with Crippen molar-refractivity contribution in [3.63, 3.8) is 0 Å². The summed E-state index contributed by atoms with van der Waals surface area (Å²) in [6.07, 6.45) is 0.171. The molecule has 0 unspecified atom stereocenters. The third-order valence-electron chi connectivity index (χ3n) is 3.73. The first kappa shape index (κ1) is 18.0. The number of hydrogen-bond donors (Lipinski definition) is 1. The zero-order chi connectivity index (χ0) is 18.8. The molecule has 0 spiro atoms. The second-order valence-electron chi connectivity index (χ2n) is 5.82. The van der Waals surface area contributed by atoms with Gasteiger partial charge in [-0.3, -0.25) is 4.79 Å². The average molecular weight is 416 g/mol. The van der Waals surface area contributed by atoms with Gasteiger partial charge in [0, 0.05) is 21.2 Å². The molecule has 136 valence electrons. The molecule has 0 bridgehead atoms. The van der Waals surface area contributed by atoms with E-state index < -0.39 is 0 Å². The maximum atomic E-state index is 13.0. The van der Waals surface area contributed by atoms with Gasteiger partial charge in [-0.1, -0.05) is 0 Å². The minimum atomic E-state index is -0.282. The number of aryl methyl sites for hydroxylation is 1. The molecule has 0 radical (unpaired) electrons. The largest absolute Gasteiger partial charge is 0.302 e. The lowest BCUT2D eigenvalue weighted by molar-refractivity contribution is -0.115. The Morgan fingerprint density at radius 1 is 1.07 bits per heavy atom. The second-order valence-corrected chi connectivity index (χ2v) is 8.83. The minimum Gasteiger partial charge on any atom is -0.302 e. The maximum Gasteiger partial charge on any atom is 0.232 e. The fourth-order valence-electron chi connectivity index (χ4n) is 2.46. The van der Waals surface area contributed by atoms with Gasteiger partial charge in [0.2, 0.25) is 5.91 Å². The molecular formula is C19H14FN3OS3. The number of carbonyl (C=O) groups is 1. The molecule has 0 saturated heterocycles. The molecule has 4 nitrogen and oxygen atoms in total. The molecule has 3 aromatic heterocycles. The Balaban J connectivity index is 1.40. The summed E-state index contributed by atoms with van der Waals surface area (Å²) in [5.74, 6) is -0.440. The Hall–Kier alpha value is -2.42. The lowest BCUT2D eigenvalue weighted by Crippen LogP contribution is -2.14. The van der Waals surface area contributed by atoms with Crippen molar-refractivity contribution in [1.82, 2.24) is 9.97 Å². The molecule has 3 heterocycles. The van der Waals surface area contributed by atoms with Gasteiger partial charge in [-0.15, -0.1) is 34.0 Å². The molecule has 4 aromatic rings. The number of rotatable bonds is 5. The molecule has 1 aromatic carbocycles. The molecule has 0 aliphatic carbocycles. The number of hydrogen-bond acceptors (Lipinski definition) is 6. The number of nitrogens with one attached hydrogen (secondary N) is 1. The molecule has 0 aliphatic heterocycles. The molecule has 0 atom stereocenters. The van der Waals surface area contributed by atoms with Gasteiger partial charge in [0.05, 0.1) is 22.7 Å². The molecule has 4 rings (SSSR count). The van der Waals surface area contributed by atoms with E-state index in [1.165, 1.54) is 39.7 Å². The summed E-state index contributed by atoms with van der Waals surface area (Å²) < 4.78 is 13.0. The van der Waals surface area contributed by atoms with Crippen molar-refractivity contribution >= 4 is 45.0 Å². The van der Waals surface area contributed by atoms with Crippen LogP contribution in [0.1, 0.15) is 10.6 Å². The number of thiophene rings is 1. The smallest absolute Gasteiger partial charge is 0.232 e. The molecular weight excluding hydrogens is 401 g/mol. The SMILES string of the molecule is Cc1ccc(-c2csc(NC(=O)Cc3csc(-c4ccc(F)cc4)n3)n2)s1. The van der Waals surface area contributed by atoms with Crippen molar-refractivity contribution in [2.45, 2.75) is 13.3 Å². The fraction of sp³-hybridized carbons (Fsp3) is 0.105. The minimum absolute atomic E-state index is 0.158. The van der Waals surface area contributed by atoms with E-state index in [9.17, 15) is 9.18 Å². The summed E-state index contributed by atoms with van der Waals surface area (Å²) in [7, 11) is 0. The van der Waals surface area contributed by atoms with Gasteiger partial charge in [-0.25, -0.2) is 14.4 Å². The van der Waals surface area contributed by atoms with Crippen LogP contribution in [0.5, 0.6) is 0 Å². The highest BCUT2D eigenvalue weighted by Gasteiger charge is 2.12. The van der Waals surface area contributed by atoms with Gasteiger partial charge in [-0.05, 0) is 43.3 Å². The zero-order valence-corrected chi connectivity index (χ0v) is 16.7. The van der Waals surface area contributed by atoms with Crippen LogP contribution < -0.4 is 5.32 Å². The zero-order valence-electron chi connectivity index (χ0n) is 14.2. The Kier molecular flexibility index (Phi) is 5.11. The summed E-state index contributed by atoms with van der Waals surface area (Å²) in [4.78, 5) is 23.6. The maximum absolute atomic E-state index is 13.0. The van der Waals surface area contributed by atoms with E-state index in [1.807, 2.05) is 16.8 Å². The van der Waals surface area contributed by atoms with Crippen LogP contribution in [-0.4, -0.2) is 15.9 Å². The summed E-state index contributed by atoms with van der Waals surface area (Å²) in [5.41, 5.74) is 2.40. The van der Waals surface area contributed by atoms with E-state index in [4.69, 9.17) is 0 Å². The van der Waals surface area contributed by atoms with E-state index in [-0.39, 0.29) is 18.1 Å². The second kappa shape index (κ2) is 7.67. The quantitative estimate of drug-likeness (QED) is 0.460. The van der Waals surface area contributed by atoms with Crippen molar-refractivity contribution in [1.29, 1.82) is 0 Å². The van der Waals surface area contributed by atoms with E-state index >= 15 is 0 Å². The number of benzene rings is 1. The third-order valence-corrected chi connectivity index (χ3v) is 6.45. The molecule has 1 amide bonds. The first-order chi connectivity index (χ1) is 13.1. The summed E-state index contributed by atoms with van der Waals surface area (Å²) in [6, 6.07) is 10.3. The van der Waals surface area contributed by atoms with E-state index in [1.54, 1.807) is 23.5 Å². The van der Waals surface area contributed by atoms with Crippen molar-refractivity contribution in [3.8, 4) is 21.1 Å². The number of amides is 1. The Morgan fingerprint density at radius 3 is 2.63 bits per heavy atom. The van der Waals surface area contributed by atoms with Crippen LogP contribution in [0.25, 0.3) is 21.1 Å². The highest BCUT2D eigenvalue weighted by molar-refractivity contribution is 7.17. The lowest BCUT2D eigenvalue weighted by Gasteiger charge is -1.99. The highest BCUT2D eigenvalue weighted by atomic mass is 32.1. The number of thiazole rings is 2. The molecule has 0 fully saturated rings. The van der Waals surface area contributed by atoms with Gasteiger partial charge in [0.15, 0.2) is 5.13 Å². The summed E-state index contributed by atoms with van der Waals surface area (Å²) in [5, 5.41) is 7.96. The van der Waals surface area contributed by atoms with Gasteiger partial charge >= 0.3 is 0 Å². The molecule has 27 heavy (non-hydrogen) atoms. The van der Waals surface area contributed by atoms with Crippen LogP contribution in [-0.2, 0) is 11.2 Å².